The summed E-state index contributed by atoms with van der Waals surface area (Å²) in [5.74, 6) is -2.90. The normalized spacial score (nSPS) is 20.9. The first-order chi connectivity index (χ1) is 12.5. The van der Waals surface area contributed by atoms with Crippen LogP contribution in [0.1, 0.15) is 51.7 Å². The van der Waals surface area contributed by atoms with E-state index in [0.717, 1.165) is 11.1 Å². The summed E-state index contributed by atoms with van der Waals surface area (Å²) in [6, 6.07) is 6.68. The number of amides is 1. The molecule has 148 valence electrons. The van der Waals surface area contributed by atoms with Gasteiger partial charge in [0.15, 0.2) is 5.41 Å². The fourth-order valence-corrected chi connectivity index (χ4v) is 3.53. The molecule has 7 nitrogen and oxygen atoms in total. The van der Waals surface area contributed by atoms with Crippen molar-refractivity contribution < 1.29 is 29.0 Å². The lowest BCUT2D eigenvalue weighted by Gasteiger charge is -2.34. The largest absolute Gasteiger partial charge is 0.480 e. The number of carbonyl (C=O) groups is 3. The molecule has 1 aromatic rings. The molecule has 1 aliphatic rings. The molecular weight excluding hydrogens is 350 g/mol. The Balaban J connectivity index is 2.44. The summed E-state index contributed by atoms with van der Waals surface area (Å²) in [5.41, 5.74) is -0.929. The van der Waals surface area contributed by atoms with Gasteiger partial charge in [-0.25, -0.2) is 4.79 Å². The number of aliphatic carboxylic acids is 1. The Morgan fingerprint density at radius 1 is 1.19 bits per heavy atom. The first kappa shape index (κ1) is 20.7. The molecule has 1 unspecified atom stereocenters. The summed E-state index contributed by atoms with van der Waals surface area (Å²) in [4.78, 5) is 37.1. The third kappa shape index (κ3) is 4.23. The van der Waals surface area contributed by atoms with Crippen molar-refractivity contribution in [2.75, 3.05) is 6.61 Å². The Morgan fingerprint density at radius 2 is 1.81 bits per heavy atom. The maximum atomic E-state index is 12.6. The van der Waals surface area contributed by atoms with Gasteiger partial charge in [0.25, 0.3) is 0 Å². The zero-order valence-corrected chi connectivity index (χ0v) is 16.4. The summed E-state index contributed by atoms with van der Waals surface area (Å²) in [7, 11) is 0. The van der Waals surface area contributed by atoms with E-state index in [1.165, 1.54) is 6.92 Å². The monoisotopic (exact) mass is 377 g/mol. The molecule has 7 heteroatoms. The zero-order chi connectivity index (χ0) is 20.4. The smallest absolute Gasteiger partial charge is 0.407 e. The minimum Gasteiger partial charge on any atom is -0.480 e. The van der Waals surface area contributed by atoms with Crippen LogP contribution < -0.4 is 5.32 Å². The topological polar surface area (TPSA) is 102 Å². The highest BCUT2D eigenvalue weighted by Gasteiger charge is 2.56. The molecule has 0 aromatic heterocycles. The number of hydrogen-bond donors (Lipinski definition) is 2. The number of ether oxygens (including phenoxy) is 2. The second-order valence-corrected chi connectivity index (χ2v) is 7.86. The molecule has 1 aliphatic carbocycles. The number of carboxylic acid groups (broad SMARTS) is 1. The van der Waals surface area contributed by atoms with Gasteiger partial charge >= 0.3 is 18.0 Å². The highest BCUT2D eigenvalue weighted by atomic mass is 16.6. The number of benzene rings is 1. The van der Waals surface area contributed by atoms with Crippen molar-refractivity contribution in [1.29, 1.82) is 0 Å². The number of fused-ring (bicyclic) bond motifs is 1. The van der Waals surface area contributed by atoms with Gasteiger partial charge in [0.2, 0.25) is 0 Å². The van der Waals surface area contributed by atoms with Gasteiger partial charge in [-0.2, -0.15) is 0 Å². The molecule has 0 aliphatic heterocycles. The lowest BCUT2D eigenvalue weighted by Crippen LogP contribution is -2.51. The summed E-state index contributed by atoms with van der Waals surface area (Å²) in [6.07, 6.45) is -0.246. The van der Waals surface area contributed by atoms with Crippen LogP contribution in [0.25, 0.3) is 0 Å². The Bertz CT molecular complexity index is 738. The van der Waals surface area contributed by atoms with Crippen LogP contribution in [0.15, 0.2) is 24.3 Å². The zero-order valence-electron chi connectivity index (χ0n) is 16.4. The van der Waals surface area contributed by atoms with Crippen molar-refractivity contribution in [3.63, 3.8) is 0 Å². The van der Waals surface area contributed by atoms with E-state index in [2.05, 4.69) is 5.32 Å². The number of esters is 1. The van der Waals surface area contributed by atoms with Gasteiger partial charge in [0.1, 0.15) is 5.60 Å². The van der Waals surface area contributed by atoms with Crippen molar-refractivity contribution in [1.82, 2.24) is 5.32 Å². The Morgan fingerprint density at radius 3 is 2.37 bits per heavy atom. The van der Waals surface area contributed by atoms with Crippen LogP contribution in [-0.4, -0.2) is 41.4 Å². The Kier molecular flexibility index (Phi) is 5.82. The Hall–Kier alpha value is -2.57. The van der Waals surface area contributed by atoms with Crippen molar-refractivity contribution >= 4 is 18.0 Å². The van der Waals surface area contributed by atoms with Gasteiger partial charge in [-0.15, -0.1) is 0 Å². The summed E-state index contributed by atoms with van der Waals surface area (Å²) < 4.78 is 10.4. The van der Waals surface area contributed by atoms with Crippen molar-refractivity contribution in [3.8, 4) is 0 Å². The number of hydrogen-bond acceptors (Lipinski definition) is 5. The number of carboxylic acids is 1. The minimum absolute atomic E-state index is 0.0697. The van der Waals surface area contributed by atoms with Crippen LogP contribution in [0.2, 0.25) is 0 Å². The molecule has 3 atom stereocenters. The van der Waals surface area contributed by atoms with E-state index in [-0.39, 0.29) is 6.61 Å². The average Bonchev–Trinajstić information content (AvgIpc) is 2.90. The van der Waals surface area contributed by atoms with Crippen molar-refractivity contribution in [2.45, 2.75) is 58.6 Å². The van der Waals surface area contributed by atoms with E-state index >= 15 is 0 Å². The molecule has 0 saturated heterocycles. The average molecular weight is 377 g/mol. The highest BCUT2D eigenvalue weighted by Crippen LogP contribution is 2.46. The molecule has 1 aromatic carbocycles. The molecule has 0 bridgehead atoms. The molecule has 0 spiro atoms. The number of carbonyl (C=O) groups excluding carboxylic acids is 2. The van der Waals surface area contributed by atoms with E-state index in [0.29, 0.717) is 6.42 Å². The first-order valence-electron chi connectivity index (χ1n) is 8.98. The van der Waals surface area contributed by atoms with Crippen molar-refractivity contribution in [3.05, 3.63) is 35.4 Å². The lowest BCUT2D eigenvalue weighted by molar-refractivity contribution is -0.169. The van der Waals surface area contributed by atoms with Crippen LogP contribution in [-0.2, 0) is 25.5 Å². The van der Waals surface area contributed by atoms with E-state index < -0.39 is 41.0 Å². The van der Waals surface area contributed by atoms with Crippen molar-refractivity contribution in [2.24, 2.45) is 5.41 Å². The van der Waals surface area contributed by atoms with E-state index in [4.69, 9.17) is 9.47 Å². The molecule has 2 N–H and O–H groups in total. The standard InChI is InChI=1S/C20H27NO6/c1-6-26-17(24)20(5,16(22)23)15-13-10-8-7-9-12(13)11-14(15)21-18(25)27-19(2,3)4/h7-10,14-15H,6,11H2,1-5H3,(H,21,25)(H,22,23)/t14-,15-,20?/m1/s1. The van der Waals surface area contributed by atoms with Crippen LogP contribution in [0.4, 0.5) is 4.79 Å². The minimum atomic E-state index is -1.84. The number of rotatable bonds is 5. The third-order valence-electron chi connectivity index (χ3n) is 4.70. The molecule has 2 rings (SSSR count). The first-order valence-corrected chi connectivity index (χ1v) is 8.98. The molecule has 0 fully saturated rings. The van der Waals surface area contributed by atoms with Crippen LogP contribution in [0.3, 0.4) is 0 Å². The van der Waals surface area contributed by atoms with E-state index in [1.54, 1.807) is 39.8 Å². The lowest BCUT2D eigenvalue weighted by atomic mass is 9.72. The van der Waals surface area contributed by atoms with Crippen LogP contribution >= 0.6 is 0 Å². The molecule has 0 heterocycles. The third-order valence-corrected chi connectivity index (χ3v) is 4.70. The predicted molar refractivity (Wildman–Crippen MR) is 98.4 cm³/mol. The van der Waals surface area contributed by atoms with E-state index in [1.807, 2.05) is 12.1 Å². The van der Waals surface area contributed by atoms with E-state index in [9.17, 15) is 19.5 Å². The molecule has 0 saturated carbocycles. The quantitative estimate of drug-likeness (QED) is 0.604. The van der Waals surface area contributed by atoms with Gasteiger partial charge in [-0.05, 0) is 52.2 Å². The second kappa shape index (κ2) is 7.58. The Labute approximate surface area is 159 Å². The number of alkyl carbamates (subject to hydrolysis) is 1. The summed E-state index contributed by atoms with van der Waals surface area (Å²) >= 11 is 0. The van der Waals surface area contributed by atoms with Crippen LogP contribution in [0, 0.1) is 5.41 Å². The van der Waals surface area contributed by atoms with Gasteiger partial charge in [0.05, 0.1) is 6.61 Å². The van der Waals surface area contributed by atoms with Gasteiger partial charge < -0.3 is 19.9 Å². The summed E-state index contributed by atoms with van der Waals surface area (Å²) in [6.45, 7) is 8.28. The second-order valence-electron chi connectivity index (χ2n) is 7.86. The maximum absolute atomic E-state index is 12.6. The fraction of sp³-hybridized carbons (Fsp3) is 0.550. The molecule has 0 radical (unpaired) electrons. The fourth-order valence-electron chi connectivity index (χ4n) is 3.53. The number of nitrogens with one attached hydrogen (secondary N) is 1. The maximum Gasteiger partial charge on any atom is 0.407 e. The van der Waals surface area contributed by atoms with Gasteiger partial charge in [-0.3, -0.25) is 9.59 Å². The summed E-state index contributed by atoms with van der Waals surface area (Å²) in [5, 5.41) is 12.7. The molecule has 27 heavy (non-hydrogen) atoms. The predicted octanol–water partition coefficient (Wildman–Crippen LogP) is 2.87. The highest BCUT2D eigenvalue weighted by molar-refractivity contribution is 6.00. The SMILES string of the molecule is CCOC(=O)C(C)(C(=O)O)[C@@H]1c2ccccc2C[C@H]1NC(=O)OC(C)(C)C. The van der Waals surface area contributed by atoms with Gasteiger partial charge in [-0.1, -0.05) is 24.3 Å². The van der Waals surface area contributed by atoms with Gasteiger partial charge in [0, 0.05) is 12.0 Å². The molecule has 1 amide bonds. The van der Waals surface area contributed by atoms with Crippen LogP contribution in [0.5, 0.6) is 0 Å². The molecular formula is C20H27NO6.